The first-order valence-corrected chi connectivity index (χ1v) is 5.97. The molecule has 0 fully saturated rings. The predicted molar refractivity (Wildman–Crippen MR) is 69.0 cm³/mol. The number of rotatable bonds is 5. The van der Waals surface area contributed by atoms with E-state index in [0.29, 0.717) is 16.3 Å². The van der Waals surface area contributed by atoms with Crippen molar-refractivity contribution in [1.29, 1.82) is 0 Å². The van der Waals surface area contributed by atoms with Crippen LogP contribution in [0.3, 0.4) is 0 Å². The molecule has 100 valence electrons. The van der Waals surface area contributed by atoms with Crippen molar-refractivity contribution in [2.24, 2.45) is 5.92 Å². The maximum absolute atomic E-state index is 10.9. The molecule has 4 nitrogen and oxygen atoms in total. The fourth-order valence-corrected chi connectivity index (χ4v) is 2.03. The fourth-order valence-electron chi connectivity index (χ4n) is 1.86. The molecule has 5 heteroatoms. The quantitative estimate of drug-likeness (QED) is 0.865. The zero-order valence-electron chi connectivity index (χ0n) is 10.6. The number of aliphatic carboxylic acids is 1. The molecule has 1 aromatic rings. The van der Waals surface area contributed by atoms with Crippen molar-refractivity contribution in [1.82, 2.24) is 0 Å². The fraction of sp³-hybridized carbons (Fsp3) is 0.462. The molecular formula is C13H17ClO4. The Labute approximate surface area is 111 Å². The van der Waals surface area contributed by atoms with Crippen molar-refractivity contribution in [3.63, 3.8) is 0 Å². The number of methoxy groups -OCH3 is 1. The van der Waals surface area contributed by atoms with Gasteiger partial charge in [0.25, 0.3) is 0 Å². The van der Waals surface area contributed by atoms with E-state index in [1.807, 2.05) is 0 Å². The second kappa shape index (κ2) is 5.59. The minimum Gasteiger partial charge on any atom is -0.496 e. The molecule has 0 amide bonds. The number of carboxylic acids is 1. The largest absolute Gasteiger partial charge is 0.496 e. The molecule has 0 saturated heterocycles. The first kappa shape index (κ1) is 14.8. The monoisotopic (exact) mass is 272 g/mol. The van der Waals surface area contributed by atoms with Crippen LogP contribution >= 0.6 is 11.6 Å². The average Bonchev–Trinajstić information content (AvgIpc) is 2.27. The molecule has 1 atom stereocenters. The van der Waals surface area contributed by atoms with E-state index >= 15 is 0 Å². The van der Waals surface area contributed by atoms with Gasteiger partial charge in [-0.3, -0.25) is 4.79 Å². The lowest BCUT2D eigenvalue weighted by atomic mass is 9.80. The smallest absolute Gasteiger partial charge is 0.306 e. The van der Waals surface area contributed by atoms with Gasteiger partial charge in [0.05, 0.1) is 13.5 Å². The topological polar surface area (TPSA) is 66.8 Å². The van der Waals surface area contributed by atoms with Crippen LogP contribution in [0.2, 0.25) is 5.02 Å². The van der Waals surface area contributed by atoms with E-state index < -0.39 is 18.0 Å². The highest BCUT2D eigenvalue weighted by Gasteiger charge is 2.38. The van der Waals surface area contributed by atoms with Crippen LogP contribution in [0.15, 0.2) is 18.2 Å². The van der Waals surface area contributed by atoms with Gasteiger partial charge < -0.3 is 14.9 Å². The second-order valence-corrected chi connectivity index (χ2v) is 4.93. The molecule has 0 radical (unpaired) electrons. The number of benzene rings is 1. The van der Waals surface area contributed by atoms with E-state index in [-0.39, 0.29) is 5.92 Å². The SMILES string of the molecule is COc1ccc(Cl)cc1C(O)(CC(=O)O)C(C)C. The number of carboxylic acid groups (broad SMARTS) is 1. The lowest BCUT2D eigenvalue weighted by Crippen LogP contribution is -2.35. The molecule has 0 spiro atoms. The van der Waals surface area contributed by atoms with Crippen molar-refractivity contribution < 1.29 is 19.7 Å². The highest BCUT2D eigenvalue weighted by molar-refractivity contribution is 6.30. The Bertz CT molecular complexity index is 445. The van der Waals surface area contributed by atoms with Gasteiger partial charge in [-0.2, -0.15) is 0 Å². The normalized spacial score (nSPS) is 14.3. The molecule has 1 aromatic carbocycles. The molecule has 0 heterocycles. The summed E-state index contributed by atoms with van der Waals surface area (Å²) in [6.45, 7) is 3.51. The third kappa shape index (κ3) is 2.94. The number of hydrogen-bond donors (Lipinski definition) is 2. The maximum Gasteiger partial charge on any atom is 0.306 e. The van der Waals surface area contributed by atoms with Crippen LogP contribution in [0.5, 0.6) is 5.75 Å². The molecule has 0 bridgehead atoms. The average molecular weight is 273 g/mol. The zero-order chi connectivity index (χ0) is 13.9. The van der Waals surface area contributed by atoms with Crippen LogP contribution in [-0.2, 0) is 10.4 Å². The minimum absolute atomic E-state index is 0.291. The van der Waals surface area contributed by atoms with E-state index in [1.165, 1.54) is 7.11 Å². The van der Waals surface area contributed by atoms with Gasteiger partial charge in [0.1, 0.15) is 11.4 Å². The van der Waals surface area contributed by atoms with Gasteiger partial charge in [-0.05, 0) is 24.1 Å². The molecule has 1 rings (SSSR count). The Balaban J connectivity index is 3.37. The van der Waals surface area contributed by atoms with Crippen molar-refractivity contribution in [3.05, 3.63) is 28.8 Å². The molecule has 0 aliphatic heterocycles. The molecule has 1 unspecified atom stereocenters. The third-order valence-corrected chi connectivity index (χ3v) is 3.24. The van der Waals surface area contributed by atoms with E-state index in [4.69, 9.17) is 21.4 Å². The zero-order valence-corrected chi connectivity index (χ0v) is 11.4. The molecule has 0 aliphatic rings. The van der Waals surface area contributed by atoms with Crippen molar-refractivity contribution in [3.8, 4) is 5.75 Å². The van der Waals surface area contributed by atoms with Gasteiger partial charge in [-0.25, -0.2) is 0 Å². The van der Waals surface area contributed by atoms with Gasteiger partial charge in [0, 0.05) is 10.6 Å². The predicted octanol–water partition coefficient (Wildman–Crippen LogP) is 2.67. The second-order valence-electron chi connectivity index (χ2n) is 4.49. The Hall–Kier alpha value is -1.26. The summed E-state index contributed by atoms with van der Waals surface area (Å²) in [5.41, 5.74) is -1.11. The summed E-state index contributed by atoms with van der Waals surface area (Å²) >= 11 is 5.91. The summed E-state index contributed by atoms with van der Waals surface area (Å²) in [5.74, 6) is -0.939. The Morgan fingerprint density at radius 3 is 2.56 bits per heavy atom. The lowest BCUT2D eigenvalue weighted by Gasteiger charge is -2.32. The van der Waals surface area contributed by atoms with Crippen LogP contribution in [0.1, 0.15) is 25.8 Å². The van der Waals surface area contributed by atoms with Crippen molar-refractivity contribution >= 4 is 17.6 Å². The van der Waals surface area contributed by atoms with Gasteiger partial charge in [0.2, 0.25) is 0 Å². The number of hydrogen-bond acceptors (Lipinski definition) is 3. The lowest BCUT2D eigenvalue weighted by molar-refractivity contribution is -0.145. The van der Waals surface area contributed by atoms with Crippen molar-refractivity contribution in [2.45, 2.75) is 25.9 Å². The highest BCUT2D eigenvalue weighted by atomic mass is 35.5. The molecule has 0 aliphatic carbocycles. The third-order valence-electron chi connectivity index (χ3n) is 3.00. The van der Waals surface area contributed by atoms with Crippen LogP contribution in [0, 0.1) is 5.92 Å². The Morgan fingerprint density at radius 2 is 2.11 bits per heavy atom. The molecule has 18 heavy (non-hydrogen) atoms. The standard InChI is InChI=1S/C13H17ClO4/c1-8(2)13(17,7-12(15)16)10-6-9(14)4-5-11(10)18-3/h4-6,8,17H,7H2,1-3H3,(H,15,16). The van der Waals surface area contributed by atoms with E-state index in [0.717, 1.165) is 0 Å². The van der Waals surface area contributed by atoms with Gasteiger partial charge >= 0.3 is 5.97 Å². The summed E-state index contributed by atoms with van der Waals surface area (Å²) in [5, 5.41) is 20.0. The van der Waals surface area contributed by atoms with E-state index in [2.05, 4.69) is 0 Å². The summed E-state index contributed by atoms with van der Waals surface area (Å²) in [7, 11) is 1.47. The van der Waals surface area contributed by atoms with Crippen LogP contribution < -0.4 is 4.74 Å². The first-order chi connectivity index (χ1) is 8.31. The number of aliphatic hydroxyl groups is 1. The number of halogens is 1. The number of ether oxygens (including phenoxy) is 1. The highest BCUT2D eigenvalue weighted by Crippen LogP contribution is 2.39. The van der Waals surface area contributed by atoms with Gasteiger partial charge in [0.15, 0.2) is 0 Å². The van der Waals surface area contributed by atoms with Crippen molar-refractivity contribution in [2.75, 3.05) is 7.11 Å². The van der Waals surface area contributed by atoms with Gasteiger partial charge in [-0.1, -0.05) is 25.4 Å². The summed E-state index contributed by atoms with van der Waals surface area (Å²) in [4.78, 5) is 10.9. The van der Waals surface area contributed by atoms with Crippen LogP contribution in [0.4, 0.5) is 0 Å². The Kier molecular flexibility index (Phi) is 4.59. The Morgan fingerprint density at radius 1 is 1.50 bits per heavy atom. The van der Waals surface area contributed by atoms with E-state index in [1.54, 1.807) is 32.0 Å². The molecule has 0 aromatic heterocycles. The summed E-state index contributed by atoms with van der Waals surface area (Å²) in [6, 6.07) is 4.79. The summed E-state index contributed by atoms with van der Waals surface area (Å²) < 4.78 is 5.17. The van der Waals surface area contributed by atoms with E-state index in [9.17, 15) is 9.90 Å². The van der Waals surface area contributed by atoms with Crippen LogP contribution in [-0.4, -0.2) is 23.3 Å². The van der Waals surface area contributed by atoms with Crippen LogP contribution in [0.25, 0.3) is 0 Å². The molecular weight excluding hydrogens is 256 g/mol. The minimum atomic E-state index is -1.51. The summed E-state index contributed by atoms with van der Waals surface area (Å²) in [6.07, 6.45) is -0.401. The number of carbonyl (C=O) groups is 1. The molecule has 0 saturated carbocycles. The first-order valence-electron chi connectivity index (χ1n) is 5.59. The maximum atomic E-state index is 10.9. The molecule has 2 N–H and O–H groups in total. The van der Waals surface area contributed by atoms with Gasteiger partial charge in [-0.15, -0.1) is 0 Å².